The maximum atomic E-state index is 11.8. The van der Waals surface area contributed by atoms with Crippen LogP contribution in [-0.2, 0) is 30.5 Å². The maximum Gasteiger partial charge on any atom is 0.359 e. The Labute approximate surface area is 217 Å². The van der Waals surface area contributed by atoms with Crippen molar-refractivity contribution in [1.29, 1.82) is 0 Å². The number of nitrogens with one attached hydrogen (secondary N) is 1. The summed E-state index contributed by atoms with van der Waals surface area (Å²) in [6, 6.07) is 6.42. The van der Waals surface area contributed by atoms with Crippen LogP contribution in [0.5, 0.6) is 0 Å². The molecule has 0 saturated heterocycles. The third kappa shape index (κ3) is 12.2. The average Bonchev–Trinajstić information content (AvgIpc) is 2.75. The van der Waals surface area contributed by atoms with Crippen LogP contribution in [0.2, 0.25) is 0 Å². The number of quaternary nitrogens is 2. The van der Waals surface area contributed by atoms with E-state index in [1.54, 1.807) is 24.3 Å². The van der Waals surface area contributed by atoms with E-state index in [1.165, 1.54) is 0 Å². The second-order valence-corrected chi connectivity index (χ2v) is 8.84. The number of carboxylic acid groups (broad SMARTS) is 5. The maximum absolute atomic E-state index is 11.8. The summed E-state index contributed by atoms with van der Waals surface area (Å²) in [6.07, 6.45) is 0. The van der Waals surface area contributed by atoms with E-state index in [1.807, 2.05) is 0 Å². The van der Waals surface area contributed by atoms with Crippen molar-refractivity contribution in [1.82, 2.24) is 5.32 Å². The van der Waals surface area contributed by atoms with E-state index in [4.69, 9.17) is 5.11 Å². The van der Waals surface area contributed by atoms with Crippen LogP contribution in [0, 0.1) is 0 Å². The van der Waals surface area contributed by atoms with Gasteiger partial charge in [0.1, 0.15) is 19.6 Å². The van der Waals surface area contributed by atoms with Gasteiger partial charge in [0, 0.05) is 12.1 Å². The standard InChI is InChI=1S/C22H28N4O10S/c27-18(28)9-23-5-6-25(11-19(29)30,12-20(31)32)7-8-26(13-21(33)34,14-22(35)36)10-16-1-3-17(4-2-16)24-15-37/h1-4,23H,5-14H2,(H3-2,27,28,29,30,31,32,33,34,35,36)/p+2. The Morgan fingerprint density at radius 2 is 1.19 bits per heavy atom. The lowest BCUT2D eigenvalue weighted by Crippen LogP contribution is -2.63. The summed E-state index contributed by atoms with van der Waals surface area (Å²) in [5.41, 5.74) is 1.06. The van der Waals surface area contributed by atoms with Crippen LogP contribution in [0.25, 0.3) is 0 Å². The van der Waals surface area contributed by atoms with Crippen LogP contribution in [-0.4, -0.2) is 128 Å². The lowest BCUT2D eigenvalue weighted by molar-refractivity contribution is -0.974. The summed E-state index contributed by atoms with van der Waals surface area (Å²) in [6.45, 7) is -3.54. The van der Waals surface area contributed by atoms with Gasteiger partial charge in [-0.05, 0) is 24.4 Å². The third-order valence-corrected chi connectivity index (χ3v) is 5.69. The molecular formula is C22H30N4O10S+2. The Balaban J connectivity index is 3.38. The summed E-state index contributed by atoms with van der Waals surface area (Å²) < 4.78 is -1.08. The lowest BCUT2D eigenvalue weighted by Gasteiger charge is -2.41. The van der Waals surface area contributed by atoms with E-state index in [9.17, 15) is 44.4 Å². The van der Waals surface area contributed by atoms with Crippen molar-refractivity contribution >= 4 is 52.9 Å². The minimum Gasteiger partial charge on any atom is -0.480 e. The molecule has 0 aliphatic carbocycles. The monoisotopic (exact) mass is 542 g/mol. The first-order chi connectivity index (χ1) is 17.3. The van der Waals surface area contributed by atoms with Gasteiger partial charge in [0.25, 0.3) is 0 Å². The van der Waals surface area contributed by atoms with Gasteiger partial charge in [0.15, 0.2) is 26.2 Å². The van der Waals surface area contributed by atoms with Gasteiger partial charge in [0.2, 0.25) is 0 Å². The Hall–Kier alpha value is -3.75. The van der Waals surface area contributed by atoms with E-state index in [-0.39, 0.29) is 32.7 Å². The van der Waals surface area contributed by atoms with Crippen molar-refractivity contribution in [3.8, 4) is 0 Å². The molecule has 15 heteroatoms. The van der Waals surface area contributed by atoms with Crippen molar-refractivity contribution in [2.45, 2.75) is 6.54 Å². The number of isothiocyanates is 1. The van der Waals surface area contributed by atoms with E-state index in [0.717, 1.165) is 0 Å². The SMILES string of the molecule is O=C(O)CNCC[N+](CC[N+](CC(=O)O)(CC(=O)O)Cc1ccc(N=C=S)cc1)(CC(=O)O)CC(=O)O. The van der Waals surface area contributed by atoms with Crippen LogP contribution in [0.15, 0.2) is 29.3 Å². The highest BCUT2D eigenvalue weighted by Crippen LogP contribution is 2.20. The Morgan fingerprint density at radius 1 is 0.730 bits per heavy atom. The predicted octanol–water partition coefficient (Wildman–Crippen LogP) is -0.433. The number of thiocarbonyl (C=S) groups is 1. The van der Waals surface area contributed by atoms with Gasteiger partial charge in [-0.2, -0.15) is 4.99 Å². The van der Waals surface area contributed by atoms with Crippen LogP contribution >= 0.6 is 12.2 Å². The molecule has 0 fully saturated rings. The summed E-state index contributed by atoms with van der Waals surface area (Å²) in [5, 5.41) is 51.8. The molecule has 1 aromatic rings. The van der Waals surface area contributed by atoms with Gasteiger partial charge in [-0.1, -0.05) is 12.1 Å². The minimum atomic E-state index is -1.32. The molecule has 0 bridgehead atoms. The molecule has 0 radical (unpaired) electrons. The number of benzene rings is 1. The lowest BCUT2D eigenvalue weighted by atomic mass is 10.1. The first-order valence-corrected chi connectivity index (χ1v) is 11.4. The number of rotatable bonds is 19. The first-order valence-electron chi connectivity index (χ1n) is 11.0. The number of aliphatic imine (C=N–C) groups is 1. The molecule has 0 saturated carbocycles. The molecular weight excluding hydrogens is 512 g/mol. The highest BCUT2D eigenvalue weighted by Gasteiger charge is 2.40. The van der Waals surface area contributed by atoms with E-state index in [0.29, 0.717) is 11.3 Å². The number of hydrogen-bond donors (Lipinski definition) is 6. The number of hydrogen-bond acceptors (Lipinski definition) is 8. The highest BCUT2D eigenvalue weighted by molar-refractivity contribution is 7.78. The number of carbonyl (C=O) groups is 5. The van der Waals surface area contributed by atoms with Gasteiger partial charge in [-0.3, -0.25) is 13.8 Å². The van der Waals surface area contributed by atoms with Crippen molar-refractivity contribution in [3.63, 3.8) is 0 Å². The molecule has 0 spiro atoms. The summed E-state index contributed by atoms with van der Waals surface area (Å²) in [4.78, 5) is 61.5. The summed E-state index contributed by atoms with van der Waals surface area (Å²) in [7, 11) is 0. The molecule has 0 atom stereocenters. The quantitative estimate of drug-likeness (QED) is 0.0569. The fraction of sp³-hybridized carbons (Fsp3) is 0.455. The molecule has 37 heavy (non-hydrogen) atoms. The molecule has 0 aliphatic heterocycles. The van der Waals surface area contributed by atoms with Crippen molar-refractivity contribution in [3.05, 3.63) is 29.8 Å². The second kappa shape index (κ2) is 14.7. The molecule has 202 valence electrons. The molecule has 1 aromatic carbocycles. The van der Waals surface area contributed by atoms with Crippen molar-refractivity contribution in [2.75, 3.05) is 58.9 Å². The third-order valence-electron chi connectivity index (χ3n) is 5.60. The van der Waals surface area contributed by atoms with Crippen LogP contribution in [0.1, 0.15) is 5.56 Å². The largest absolute Gasteiger partial charge is 0.480 e. The molecule has 0 amide bonds. The van der Waals surface area contributed by atoms with Gasteiger partial charge in [-0.25, -0.2) is 19.2 Å². The van der Waals surface area contributed by atoms with Crippen molar-refractivity contribution in [2.24, 2.45) is 4.99 Å². The Morgan fingerprint density at radius 3 is 1.62 bits per heavy atom. The summed E-state index contributed by atoms with van der Waals surface area (Å²) >= 11 is 4.56. The zero-order valence-electron chi connectivity index (χ0n) is 19.9. The predicted molar refractivity (Wildman–Crippen MR) is 130 cm³/mol. The zero-order chi connectivity index (χ0) is 28.1. The van der Waals surface area contributed by atoms with Gasteiger partial charge in [-0.15, -0.1) is 0 Å². The molecule has 0 heterocycles. The second-order valence-electron chi connectivity index (χ2n) is 8.66. The molecule has 14 nitrogen and oxygen atoms in total. The molecule has 0 aliphatic rings. The van der Waals surface area contributed by atoms with E-state index >= 15 is 0 Å². The number of aliphatic carboxylic acids is 5. The van der Waals surface area contributed by atoms with Crippen LogP contribution in [0.4, 0.5) is 5.69 Å². The molecule has 0 unspecified atom stereocenters. The Kier molecular flexibility index (Phi) is 12.4. The number of carboxylic acids is 5. The fourth-order valence-corrected chi connectivity index (χ4v) is 4.19. The summed E-state index contributed by atoms with van der Waals surface area (Å²) in [5.74, 6) is -6.37. The van der Waals surface area contributed by atoms with E-state index in [2.05, 4.69) is 27.7 Å². The van der Waals surface area contributed by atoms with E-state index < -0.39 is 71.5 Å². The number of nitrogens with zero attached hydrogens (tertiary/aromatic N) is 3. The molecule has 1 rings (SSSR count). The topological polar surface area (TPSA) is 211 Å². The fourth-order valence-electron chi connectivity index (χ4n) is 4.09. The highest BCUT2D eigenvalue weighted by atomic mass is 32.1. The molecule has 0 aromatic heterocycles. The first kappa shape index (κ1) is 31.3. The van der Waals surface area contributed by atoms with Crippen LogP contribution < -0.4 is 5.32 Å². The van der Waals surface area contributed by atoms with Gasteiger partial charge in [0.05, 0.1) is 23.9 Å². The zero-order valence-corrected chi connectivity index (χ0v) is 20.7. The van der Waals surface area contributed by atoms with Crippen LogP contribution in [0.3, 0.4) is 0 Å². The molecule has 6 N–H and O–H groups in total. The normalized spacial score (nSPS) is 11.4. The minimum absolute atomic E-state index is 0.0351. The van der Waals surface area contributed by atoms with Gasteiger partial charge < -0.3 is 30.8 Å². The van der Waals surface area contributed by atoms with Gasteiger partial charge >= 0.3 is 29.8 Å². The Bertz CT molecular complexity index is 1010. The van der Waals surface area contributed by atoms with Crippen molar-refractivity contribution < 1.29 is 58.5 Å². The average molecular weight is 543 g/mol. The smallest absolute Gasteiger partial charge is 0.359 e.